The predicted molar refractivity (Wildman–Crippen MR) is 113 cm³/mol. The molecule has 172 valence electrons. The van der Waals surface area contributed by atoms with Gasteiger partial charge in [-0.25, -0.2) is 14.8 Å². The molecule has 3 aromatic rings. The van der Waals surface area contributed by atoms with Crippen molar-refractivity contribution in [3.8, 4) is 0 Å². The second-order valence-corrected chi connectivity index (χ2v) is 8.79. The first-order valence-electron chi connectivity index (χ1n) is 10.9. The van der Waals surface area contributed by atoms with Crippen LogP contribution in [0.3, 0.4) is 0 Å². The zero-order valence-corrected chi connectivity index (χ0v) is 17.9. The molecule has 0 spiro atoms. The predicted octanol–water partition coefficient (Wildman–Crippen LogP) is 1.69. The van der Waals surface area contributed by atoms with E-state index in [4.69, 9.17) is 13.6 Å². The Balaban J connectivity index is 1.31. The number of furan rings is 2. The number of hydrogen-bond acceptors (Lipinski definition) is 8. The van der Waals surface area contributed by atoms with Crippen LogP contribution in [0.2, 0.25) is 0 Å². The van der Waals surface area contributed by atoms with Crippen LogP contribution < -0.4 is 5.32 Å². The van der Waals surface area contributed by atoms with Crippen molar-refractivity contribution in [2.75, 3.05) is 31.5 Å². The molecule has 33 heavy (non-hydrogen) atoms. The molecule has 0 unspecified atom stereocenters. The first-order valence-corrected chi connectivity index (χ1v) is 10.9. The minimum atomic E-state index is -2.04. The Hall–Kier alpha value is -3.50. The van der Waals surface area contributed by atoms with Crippen LogP contribution >= 0.6 is 0 Å². The maximum absolute atomic E-state index is 13.3. The van der Waals surface area contributed by atoms with Crippen molar-refractivity contribution in [2.45, 2.75) is 24.5 Å². The Morgan fingerprint density at radius 3 is 2.42 bits per heavy atom. The van der Waals surface area contributed by atoms with Crippen molar-refractivity contribution < 1.29 is 32.7 Å². The summed E-state index contributed by atoms with van der Waals surface area (Å²) in [6, 6.07) is 4.68. The summed E-state index contributed by atoms with van der Waals surface area (Å²) in [5.74, 6) is -0.287. The fourth-order valence-electron chi connectivity index (χ4n) is 4.99. The standard InChI is InChI=1S/C23H24N4O6/c28-21(26-20-1-6-24-15-25-20)12-27-7-2-16(3-8-27)19(11-27)33-22(29)23(30,17-4-9-31-13-17)18-5-10-32-14-18/h1,4-6,9-10,13-16,19,30H,2-3,7-8,11-12H2/p+1/t16?,19-,27?/m0/s1. The maximum atomic E-state index is 13.3. The highest BCUT2D eigenvalue weighted by Crippen LogP contribution is 2.38. The summed E-state index contributed by atoms with van der Waals surface area (Å²) in [6.45, 7) is 2.45. The van der Waals surface area contributed by atoms with E-state index in [0.29, 0.717) is 16.8 Å². The molecule has 2 N–H and O–H groups in total. The Bertz CT molecular complexity index is 1060. The van der Waals surface area contributed by atoms with E-state index < -0.39 is 17.7 Å². The molecule has 1 amide bonds. The van der Waals surface area contributed by atoms with Crippen molar-refractivity contribution in [1.29, 1.82) is 0 Å². The number of rotatable bonds is 7. The zero-order valence-electron chi connectivity index (χ0n) is 17.9. The molecule has 2 bridgehead atoms. The average molecular weight is 453 g/mol. The highest BCUT2D eigenvalue weighted by Gasteiger charge is 2.51. The minimum absolute atomic E-state index is 0.146. The van der Waals surface area contributed by atoms with Crippen LogP contribution in [0.1, 0.15) is 24.0 Å². The third-order valence-electron chi connectivity index (χ3n) is 6.80. The highest BCUT2D eigenvalue weighted by molar-refractivity contribution is 5.90. The number of quaternary nitrogens is 1. The van der Waals surface area contributed by atoms with Crippen LogP contribution in [-0.4, -0.2) is 63.7 Å². The second kappa shape index (κ2) is 8.45. The van der Waals surface area contributed by atoms with Gasteiger partial charge in [0.2, 0.25) is 5.60 Å². The molecule has 6 rings (SSSR count). The number of carbonyl (C=O) groups is 2. The molecule has 10 heteroatoms. The molecule has 10 nitrogen and oxygen atoms in total. The summed E-state index contributed by atoms with van der Waals surface area (Å²) in [5.41, 5.74) is -1.51. The van der Waals surface area contributed by atoms with E-state index >= 15 is 0 Å². The van der Waals surface area contributed by atoms with Crippen molar-refractivity contribution in [3.05, 3.63) is 66.9 Å². The summed E-state index contributed by atoms with van der Waals surface area (Å²) < 4.78 is 16.7. The normalized spacial score (nSPS) is 24.4. The molecule has 1 atom stereocenters. The molecule has 0 saturated carbocycles. The second-order valence-electron chi connectivity index (χ2n) is 8.79. The number of aromatic nitrogens is 2. The summed E-state index contributed by atoms with van der Waals surface area (Å²) in [6.07, 6.45) is 9.63. The van der Waals surface area contributed by atoms with Crippen LogP contribution in [0.25, 0.3) is 0 Å². The van der Waals surface area contributed by atoms with E-state index in [9.17, 15) is 14.7 Å². The van der Waals surface area contributed by atoms with Gasteiger partial charge in [0.05, 0.1) is 38.1 Å². The molecule has 3 aliphatic rings. The number of carbonyl (C=O) groups excluding carboxylic acids is 2. The molecule has 3 fully saturated rings. The number of piperidine rings is 3. The van der Waals surface area contributed by atoms with E-state index in [2.05, 4.69) is 15.3 Å². The summed E-state index contributed by atoms with van der Waals surface area (Å²) in [7, 11) is 0. The monoisotopic (exact) mass is 453 g/mol. The number of aliphatic hydroxyl groups is 1. The van der Waals surface area contributed by atoms with Crippen molar-refractivity contribution in [1.82, 2.24) is 9.97 Å². The third-order valence-corrected chi connectivity index (χ3v) is 6.80. The lowest BCUT2D eigenvalue weighted by molar-refractivity contribution is -0.939. The Kier molecular flexibility index (Phi) is 5.47. The Morgan fingerprint density at radius 2 is 1.85 bits per heavy atom. The SMILES string of the molecule is O=C(C[N+]12CCC(CC1)[C@@H](OC(=O)C(O)(c1ccoc1)c1ccoc1)C2)Nc1ccncn1. The molecule has 6 heterocycles. The van der Waals surface area contributed by atoms with E-state index in [1.54, 1.807) is 12.3 Å². The van der Waals surface area contributed by atoms with E-state index in [0.717, 1.165) is 25.9 Å². The molecule has 0 aromatic carbocycles. The van der Waals surface area contributed by atoms with Gasteiger partial charge in [0.15, 0.2) is 12.6 Å². The number of ether oxygens (including phenoxy) is 1. The van der Waals surface area contributed by atoms with E-state index in [-0.39, 0.29) is 29.5 Å². The van der Waals surface area contributed by atoms with Crippen LogP contribution in [0.5, 0.6) is 0 Å². The number of amides is 1. The number of nitrogens with one attached hydrogen (secondary N) is 1. The van der Waals surface area contributed by atoms with Crippen LogP contribution in [0.15, 0.2) is 64.6 Å². The average Bonchev–Trinajstić information content (AvgIpc) is 3.54. The smallest absolute Gasteiger partial charge is 0.348 e. The largest absolute Gasteiger partial charge is 0.472 e. The number of esters is 1. The van der Waals surface area contributed by atoms with Gasteiger partial charge in [0.25, 0.3) is 5.91 Å². The molecule has 0 aliphatic carbocycles. The summed E-state index contributed by atoms with van der Waals surface area (Å²) >= 11 is 0. The number of hydrogen-bond donors (Lipinski definition) is 2. The zero-order chi connectivity index (χ0) is 22.9. The molecule has 3 aromatic heterocycles. The van der Waals surface area contributed by atoms with Crippen molar-refractivity contribution in [2.24, 2.45) is 5.92 Å². The lowest BCUT2D eigenvalue weighted by Crippen LogP contribution is -2.66. The Morgan fingerprint density at radius 1 is 1.15 bits per heavy atom. The third kappa shape index (κ3) is 4.03. The lowest BCUT2D eigenvalue weighted by Gasteiger charge is -2.51. The number of anilines is 1. The molecule has 3 aliphatic heterocycles. The van der Waals surface area contributed by atoms with Gasteiger partial charge in [-0.1, -0.05) is 0 Å². The van der Waals surface area contributed by atoms with Gasteiger partial charge in [0, 0.05) is 36.1 Å². The van der Waals surface area contributed by atoms with Crippen molar-refractivity contribution >= 4 is 17.7 Å². The van der Waals surface area contributed by atoms with Gasteiger partial charge >= 0.3 is 5.97 Å². The van der Waals surface area contributed by atoms with Crippen LogP contribution in [0, 0.1) is 5.92 Å². The first-order chi connectivity index (χ1) is 16.0. The first kappa shape index (κ1) is 21.4. The lowest BCUT2D eigenvalue weighted by atomic mass is 9.82. The van der Waals surface area contributed by atoms with Crippen LogP contribution in [-0.2, 0) is 19.9 Å². The van der Waals surface area contributed by atoms with Gasteiger partial charge in [-0.3, -0.25) is 4.79 Å². The minimum Gasteiger partial charge on any atom is -0.472 e. The van der Waals surface area contributed by atoms with Gasteiger partial charge in [0.1, 0.15) is 18.7 Å². The molecular weight excluding hydrogens is 428 g/mol. The quantitative estimate of drug-likeness (QED) is 0.409. The summed E-state index contributed by atoms with van der Waals surface area (Å²) in [4.78, 5) is 33.9. The number of nitrogens with zero attached hydrogens (tertiary/aromatic N) is 3. The van der Waals surface area contributed by atoms with Gasteiger partial charge in [-0.2, -0.15) is 0 Å². The molecule has 0 radical (unpaired) electrons. The molecule has 3 saturated heterocycles. The maximum Gasteiger partial charge on any atom is 0.348 e. The Labute approximate surface area is 189 Å². The van der Waals surface area contributed by atoms with Crippen molar-refractivity contribution in [3.63, 3.8) is 0 Å². The van der Waals surface area contributed by atoms with Gasteiger partial charge in [-0.15, -0.1) is 0 Å². The number of fused-ring (bicyclic) bond motifs is 3. The van der Waals surface area contributed by atoms with E-state index in [1.165, 1.54) is 43.5 Å². The molecular formula is C23H25N4O6+. The van der Waals surface area contributed by atoms with E-state index in [1.807, 2.05) is 0 Å². The van der Waals surface area contributed by atoms with Gasteiger partial charge in [-0.05, 0) is 18.2 Å². The topological polar surface area (TPSA) is 128 Å². The van der Waals surface area contributed by atoms with Crippen LogP contribution in [0.4, 0.5) is 5.82 Å². The highest BCUT2D eigenvalue weighted by atomic mass is 16.6. The fourth-order valence-corrected chi connectivity index (χ4v) is 4.99. The van der Waals surface area contributed by atoms with Gasteiger partial charge < -0.3 is 28.5 Å². The fraction of sp³-hybridized carbons (Fsp3) is 0.391. The summed E-state index contributed by atoms with van der Waals surface area (Å²) in [5, 5.41) is 14.2.